The van der Waals surface area contributed by atoms with Gasteiger partial charge in [0.1, 0.15) is 12.5 Å². The number of carbonyl (C=O) groups excluding carboxylic acids is 1. The molecule has 2 aromatic rings. The summed E-state index contributed by atoms with van der Waals surface area (Å²) in [6.07, 6.45) is -0.691. The van der Waals surface area contributed by atoms with Crippen molar-refractivity contribution in [3.63, 3.8) is 0 Å². The highest BCUT2D eigenvalue weighted by Crippen LogP contribution is 2.39. The predicted molar refractivity (Wildman–Crippen MR) is 81.5 cm³/mol. The Hall–Kier alpha value is -2.37. The van der Waals surface area contributed by atoms with Crippen molar-refractivity contribution < 1.29 is 19.4 Å². The van der Waals surface area contributed by atoms with E-state index in [1.807, 2.05) is 30.3 Å². The lowest BCUT2D eigenvalue weighted by molar-refractivity contribution is -0.127. The fraction of sp³-hybridized carbons (Fsp3) is 0.235. The van der Waals surface area contributed by atoms with Crippen molar-refractivity contribution in [2.75, 3.05) is 18.7 Å². The molecule has 5 heteroatoms. The Bertz CT molecular complexity index is 672. The summed E-state index contributed by atoms with van der Waals surface area (Å²) in [5, 5.41) is 9.28. The maximum absolute atomic E-state index is 12.7. The van der Waals surface area contributed by atoms with Crippen LogP contribution in [0.5, 0.6) is 5.75 Å². The molecule has 0 aromatic heterocycles. The second-order valence-electron chi connectivity index (χ2n) is 5.05. The van der Waals surface area contributed by atoms with Crippen LogP contribution in [0.25, 0.3) is 0 Å². The van der Waals surface area contributed by atoms with Crippen molar-refractivity contribution in [2.24, 2.45) is 0 Å². The first-order valence-electron chi connectivity index (χ1n) is 7.00. The minimum Gasteiger partial charge on any atom is -0.474 e. The van der Waals surface area contributed by atoms with E-state index in [4.69, 9.17) is 9.47 Å². The predicted octanol–water partition coefficient (Wildman–Crippen LogP) is 2.25. The van der Waals surface area contributed by atoms with Crippen molar-refractivity contribution in [1.29, 1.82) is 0 Å². The molecule has 0 fully saturated rings. The van der Waals surface area contributed by atoms with E-state index in [2.05, 4.69) is 0 Å². The van der Waals surface area contributed by atoms with E-state index in [1.165, 1.54) is 12.0 Å². The van der Waals surface area contributed by atoms with Gasteiger partial charge in [0.05, 0.1) is 12.3 Å². The molecule has 1 N–H and O–H groups in total. The molecule has 0 bridgehead atoms. The molecule has 5 nitrogen and oxygen atoms in total. The Kier molecular flexibility index (Phi) is 4.09. The van der Waals surface area contributed by atoms with Gasteiger partial charge < -0.3 is 14.6 Å². The molecule has 1 aliphatic rings. The Morgan fingerprint density at radius 1 is 1.23 bits per heavy atom. The molecule has 1 amide bonds. The van der Waals surface area contributed by atoms with Crippen LogP contribution in [0.3, 0.4) is 0 Å². The number of aliphatic hydroxyl groups is 1. The van der Waals surface area contributed by atoms with E-state index < -0.39 is 6.10 Å². The first-order chi connectivity index (χ1) is 10.7. The van der Waals surface area contributed by atoms with Crippen LogP contribution in [0.2, 0.25) is 0 Å². The number of rotatable bonds is 4. The van der Waals surface area contributed by atoms with Gasteiger partial charge in [-0.1, -0.05) is 36.4 Å². The van der Waals surface area contributed by atoms with Gasteiger partial charge in [0.2, 0.25) is 6.10 Å². The summed E-state index contributed by atoms with van der Waals surface area (Å²) in [4.78, 5) is 14.3. The molecule has 1 heterocycles. The lowest BCUT2D eigenvalue weighted by Gasteiger charge is -2.34. The lowest BCUT2D eigenvalue weighted by atomic mass is 10.0. The lowest BCUT2D eigenvalue weighted by Crippen LogP contribution is -2.42. The van der Waals surface area contributed by atoms with Crippen molar-refractivity contribution in [2.45, 2.75) is 12.7 Å². The molecule has 3 rings (SSSR count). The number of benzene rings is 2. The summed E-state index contributed by atoms with van der Waals surface area (Å²) in [6.45, 7) is 0.0395. The van der Waals surface area contributed by atoms with Crippen molar-refractivity contribution >= 4 is 11.6 Å². The normalized spacial score (nSPS) is 17.1. The Labute approximate surface area is 128 Å². The van der Waals surface area contributed by atoms with Crippen molar-refractivity contribution in [1.82, 2.24) is 0 Å². The molecule has 0 spiro atoms. The average molecular weight is 299 g/mol. The van der Waals surface area contributed by atoms with Gasteiger partial charge in [-0.15, -0.1) is 0 Å². The molecule has 1 unspecified atom stereocenters. The fourth-order valence-electron chi connectivity index (χ4n) is 2.51. The van der Waals surface area contributed by atoms with Crippen LogP contribution in [0.15, 0.2) is 48.5 Å². The van der Waals surface area contributed by atoms with E-state index >= 15 is 0 Å². The van der Waals surface area contributed by atoms with Crippen LogP contribution in [0.1, 0.15) is 17.2 Å². The zero-order valence-corrected chi connectivity index (χ0v) is 12.2. The summed E-state index contributed by atoms with van der Waals surface area (Å²) in [7, 11) is 1.54. The standard InChI is InChI=1S/C17H17NO4/c1-21-11-18-14-9-12(10-19)7-8-15(14)22-16(17(18)20)13-5-3-2-4-6-13/h2-9,16,19H,10-11H2,1H3. The highest BCUT2D eigenvalue weighted by molar-refractivity contribution is 6.00. The summed E-state index contributed by atoms with van der Waals surface area (Å²) in [5.74, 6) is 0.415. The van der Waals surface area contributed by atoms with E-state index in [0.717, 1.165) is 11.1 Å². The number of carbonyl (C=O) groups is 1. The van der Waals surface area contributed by atoms with Crippen LogP contribution in [-0.2, 0) is 16.1 Å². The third-order valence-electron chi connectivity index (χ3n) is 3.59. The summed E-state index contributed by atoms with van der Waals surface area (Å²) >= 11 is 0. The Morgan fingerprint density at radius 2 is 2.00 bits per heavy atom. The number of methoxy groups -OCH3 is 1. The number of hydrogen-bond acceptors (Lipinski definition) is 4. The number of hydrogen-bond donors (Lipinski definition) is 1. The topological polar surface area (TPSA) is 59.0 Å². The zero-order valence-electron chi connectivity index (χ0n) is 12.2. The minimum absolute atomic E-state index is 0.0929. The number of anilines is 1. The fourth-order valence-corrected chi connectivity index (χ4v) is 2.51. The Balaban J connectivity index is 2.03. The Morgan fingerprint density at radius 3 is 2.68 bits per heavy atom. The largest absolute Gasteiger partial charge is 0.474 e. The number of nitrogens with zero attached hydrogens (tertiary/aromatic N) is 1. The molecule has 22 heavy (non-hydrogen) atoms. The maximum atomic E-state index is 12.7. The molecule has 0 aliphatic carbocycles. The molecule has 114 valence electrons. The second-order valence-corrected chi connectivity index (χ2v) is 5.05. The molecular formula is C17H17NO4. The van der Waals surface area contributed by atoms with Gasteiger partial charge in [-0.3, -0.25) is 9.69 Å². The first kappa shape index (κ1) is 14.6. The third kappa shape index (κ3) is 2.56. The molecule has 1 atom stereocenters. The highest BCUT2D eigenvalue weighted by atomic mass is 16.5. The minimum atomic E-state index is -0.691. The van der Waals surface area contributed by atoms with Gasteiger partial charge in [-0.05, 0) is 17.7 Å². The quantitative estimate of drug-likeness (QED) is 0.940. The molecular weight excluding hydrogens is 282 g/mol. The second kappa shape index (κ2) is 6.17. The molecule has 0 saturated carbocycles. The highest BCUT2D eigenvalue weighted by Gasteiger charge is 2.35. The van der Waals surface area contributed by atoms with Crippen LogP contribution >= 0.6 is 0 Å². The summed E-state index contributed by atoms with van der Waals surface area (Å²) < 4.78 is 11.0. The SMILES string of the molecule is COCN1C(=O)C(c2ccccc2)Oc2ccc(CO)cc21. The monoisotopic (exact) mass is 299 g/mol. The van der Waals surface area contributed by atoms with Crippen LogP contribution < -0.4 is 9.64 Å². The first-order valence-corrected chi connectivity index (χ1v) is 7.00. The molecule has 2 aromatic carbocycles. The van der Waals surface area contributed by atoms with Crippen LogP contribution in [0, 0.1) is 0 Å². The number of amides is 1. The van der Waals surface area contributed by atoms with E-state index in [9.17, 15) is 9.90 Å². The van der Waals surface area contributed by atoms with Gasteiger partial charge in [-0.25, -0.2) is 0 Å². The number of fused-ring (bicyclic) bond motifs is 1. The smallest absolute Gasteiger partial charge is 0.274 e. The average Bonchev–Trinajstić information content (AvgIpc) is 2.57. The van der Waals surface area contributed by atoms with Crippen molar-refractivity contribution in [3.8, 4) is 5.75 Å². The van der Waals surface area contributed by atoms with E-state index in [0.29, 0.717) is 11.4 Å². The van der Waals surface area contributed by atoms with E-state index in [-0.39, 0.29) is 19.2 Å². The van der Waals surface area contributed by atoms with Gasteiger partial charge in [0.15, 0.2) is 0 Å². The third-order valence-corrected chi connectivity index (χ3v) is 3.59. The van der Waals surface area contributed by atoms with Gasteiger partial charge in [0, 0.05) is 12.7 Å². The molecule has 0 radical (unpaired) electrons. The molecule has 1 aliphatic heterocycles. The zero-order chi connectivity index (χ0) is 15.5. The van der Waals surface area contributed by atoms with E-state index in [1.54, 1.807) is 18.2 Å². The number of aliphatic hydroxyl groups excluding tert-OH is 1. The van der Waals surface area contributed by atoms with Crippen LogP contribution in [-0.4, -0.2) is 24.9 Å². The van der Waals surface area contributed by atoms with Crippen molar-refractivity contribution in [3.05, 3.63) is 59.7 Å². The summed E-state index contributed by atoms with van der Waals surface area (Å²) in [6, 6.07) is 14.7. The van der Waals surface area contributed by atoms with Gasteiger partial charge in [0.25, 0.3) is 5.91 Å². The summed E-state index contributed by atoms with van der Waals surface area (Å²) in [5.41, 5.74) is 2.13. The maximum Gasteiger partial charge on any atom is 0.274 e. The number of ether oxygens (including phenoxy) is 2. The molecule has 0 saturated heterocycles. The van der Waals surface area contributed by atoms with Gasteiger partial charge in [-0.2, -0.15) is 0 Å². The van der Waals surface area contributed by atoms with Gasteiger partial charge >= 0.3 is 0 Å². The van der Waals surface area contributed by atoms with Crippen LogP contribution in [0.4, 0.5) is 5.69 Å².